The maximum absolute atomic E-state index is 12.0. The molecule has 0 saturated carbocycles. The van der Waals surface area contributed by atoms with Crippen molar-refractivity contribution in [3.8, 4) is 0 Å². The van der Waals surface area contributed by atoms with Crippen LogP contribution >= 0.6 is 11.3 Å². The van der Waals surface area contributed by atoms with Crippen molar-refractivity contribution in [3.05, 3.63) is 34.7 Å². The third-order valence-corrected chi connectivity index (χ3v) is 5.59. The van der Waals surface area contributed by atoms with Gasteiger partial charge in [0.25, 0.3) is 0 Å². The molecule has 0 atom stereocenters. The van der Waals surface area contributed by atoms with E-state index < -0.39 is 10.0 Å². The molecular formula is C10H14N4O2S2. The molecule has 4 N–H and O–H groups in total. The van der Waals surface area contributed by atoms with Crippen molar-refractivity contribution in [2.45, 2.75) is 24.2 Å². The minimum absolute atomic E-state index is 0.192. The molecule has 2 heterocycles. The highest BCUT2D eigenvalue weighted by Crippen LogP contribution is 2.25. The van der Waals surface area contributed by atoms with Gasteiger partial charge in [-0.2, -0.15) is 0 Å². The van der Waals surface area contributed by atoms with E-state index >= 15 is 0 Å². The zero-order valence-corrected chi connectivity index (χ0v) is 11.4. The van der Waals surface area contributed by atoms with Crippen LogP contribution in [0.1, 0.15) is 16.1 Å². The number of nitrogens with zero attached hydrogens (tertiary/aromatic N) is 1. The van der Waals surface area contributed by atoms with E-state index in [4.69, 9.17) is 5.73 Å². The SMILES string of the molecule is Cc1cc(S(=O)(=O)NCc2cnc[nH]2)sc1CN. The molecule has 0 bridgehead atoms. The Bertz CT molecular complexity index is 616. The number of nitrogens with one attached hydrogen (secondary N) is 2. The molecule has 0 aliphatic rings. The molecule has 8 heteroatoms. The summed E-state index contributed by atoms with van der Waals surface area (Å²) in [5, 5.41) is 0. The number of aromatic nitrogens is 2. The van der Waals surface area contributed by atoms with Crippen LogP contribution in [0.25, 0.3) is 0 Å². The van der Waals surface area contributed by atoms with Crippen molar-refractivity contribution >= 4 is 21.4 Å². The fourth-order valence-electron chi connectivity index (χ4n) is 1.45. The van der Waals surface area contributed by atoms with Crippen LogP contribution in [0.5, 0.6) is 0 Å². The average Bonchev–Trinajstić information content (AvgIpc) is 2.95. The third-order valence-electron chi connectivity index (χ3n) is 2.46. The van der Waals surface area contributed by atoms with Crippen LogP contribution in [0.4, 0.5) is 0 Å². The van der Waals surface area contributed by atoms with Crippen LogP contribution < -0.4 is 10.5 Å². The molecule has 2 aromatic heterocycles. The van der Waals surface area contributed by atoms with E-state index in [1.165, 1.54) is 17.7 Å². The van der Waals surface area contributed by atoms with E-state index in [2.05, 4.69) is 14.7 Å². The standard InChI is InChI=1S/C10H14N4O2S2/c1-7-2-10(17-9(7)3-11)18(15,16)14-5-8-4-12-6-13-8/h2,4,6,14H,3,5,11H2,1H3,(H,12,13). The predicted molar refractivity (Wildman–Crippen MR) is 69.6 cm³/mol. The molecular weight excluding hydrogens is 272 g/mol. The number of hydrogen-bond donors (Lipinski definition) is 3. The molecule has 6 nitrogen and oxygen atoms in total. The van der Waals surface area contributed by atoms with Gasteiger partial charge in [-0.15, -0.1) is 11.3 Å². The van der Waals surface area contributed by atoms with Crippen molar-refractivity contribution in [1.29, 1.82) is 0 Å². The van der Waals surface area contributed by atoms with Gasteiger partial charge in [0.2, 0.25) is 10.0 Å². The molecule has 98 valence electrons. The van der Waals surface area contributed by atoms with Gasteiger partial charge in [-0.05, 0) is 18.6 Å². The van der Waals surface area contributed by atoms with E-state index in [9.17, 15) is 8.42 Å². The summed E-state index contributed by atoms with van der Waals surface area (Å²) >= 11 is 1.20. The fourth-order valence-corrected chi connectivity index (χ4v) is 3.97. The normalized spacial score (nSPS) is 11.9. The highest BCUT2D eigenvalue weighted by atomic mass is 32.2. The lowest BCUT2D eigenvalue weighted by molar-refractivity contribution is 0.582. The van der Waals surface area contributed by atoms with Gasteiger partial charge in [0.1, 0.15) is 4.21 Å². The molecule has 2 rings (SSSR count). The fraction of sp³-hybridized carbons (Fsp3) is 0.300. The van der Waals surface area contributed by atoms with Crippen molar-refractivity contribution in [1.82, 2.24) is 14.7 Å². The topological polar surface area (TPSA) is 101 Å². The number of sulfonamides is 1. The number of hydrogen-bond acceptors (Lipinski definition) is 5. The third kappa shape index (κ3) is 2.78. The predicted octanol–water partition coefficient (Wildman–Crippen LogP) is 0.717. The number of aromatic amines is 1. The number of thiophene rings is 1. The van der Waals surface area contributed by atoms with Crippen LogP contribution in [-0.2, 0) is 23.1 Å². The molecule has 0 saturated heterocycles. The van der Waals surface area contributed by atoms with E-state index in [-0.39, 0.29) is 6.54 Å². The Morgan fingerprint density at radius 1 is 1.56 bits per heavy atom. The summed E-state index contributed by atoms with van der Waals surface area (Å²) in [6, 6.07) is 1.64. The van der Waals surface area contributed by atoms with Gasteiger partial charge in [0.05, 0.1) is 12.9 Å². The number of H-pyrrole nitrogens is 1. The molecule has 0 fully saturated rings. The Labute approximate surface area is 109 Å². The lowest BCUT2D eigenvalue weighted by Crippen LogP contribution is -2.22. The number of imidazole rings is 1. The Kier molecular flexibility index (Phi) is 3.81. The lowest BCUT2D eigenvalue weighted by atomic mass is 10.3. The lowest BCUT2D eigenvalue weighted by Gasteiger charge is -2.02. The second-order valence-electron chi connectivity index (χ2n) is 3.78. The first-order valence-electron chi connectivity index (χ1n) is 5.29. The summed E-state index contributed by atoms with van der Waals surface area (Å²) in [5.74, 6) is 0. The second kappa shape index (κ2) is 5.19. The Hall–Kier alpha value is -1.22. The van der Waals surface area contributed by atoms with E-state index in [0.29, 0.717) is 16.4 Å². The first-order chi connectivity index (χ1) is 8.53. The highest BCUT2D eigenvalue weighted by Gasteiger charge is 2.18. The molecule has 0 aliphatic heterocycles. The summed E-state index contributed by atoms with van der Waals surface area (Å²) < 4.78 is 26.9. The first kappa shape index (κ1) is 13.2. The summed E-state index contributed by atoms with van der Waals surface area (Å²) in [4.78, 5) is 7.54. The molecule has 2 aromatic rings. The maximum atomic E-state index is 12.0. The largest absolute Gasteiger partial charge is 0.347 e. The second-order valence-corrected chi connectivity index (χ2v) is 6.91. The van der Waals surface area contributed by atoms with Gasteiger partial charge >= 0.3 is 0 Å². The van der Waals surface area contributed by atoms with Crippen molar-refractivity contribution < 1.29 is 8.42 Å². The van der Waals surface area contributed by atoms with Crippen LogP contribution in [0, 0.1) is 6.92 Å². The van der Waals surface area contributed by atoms with Crippen LogP contribution in [-0.4, -0.2) is 18.4 Å². The van der Waals surface area contributed by atoms with Crippen LogP contribution in [0.15, 0.2) is 22.8 Å². The summed E-state index contributed by atoms with van der Waals surface area (Å²) in [6.07, 6.45) is 3.08. The van der Waals surface area contributed by atoms with E-state index in [1.807, 2.05) is 6.92 Å². The van der Waals surface area contributed by atoms with Crippen molar-refractivity contribution in [2.24, 2.45) is 5.73 Å². The summed E-state index contributed by atoms with van der Waals surface area (Å²) in [5.41, 5.74) is 7.16. The van der Waals surface area contributed by atoms with Gasteiger partial charge in [0.15, 0.2) is 0 Å². The van der Waals surface area contributed by atoms with E-state index in [1.54, 1.807) is 12.3 Å². The Morgan fingerprint density at radius 2 is 2.33 bits per heavy atom. The summed E-state index contributed by atoms with van der Waals surface area (Å²) in [7, 11) is -3.48. The molecule has 0 amide bonds. The van der Waals surface area contributed by atoms with Gasteiger partial charge < -0.3 is 10.7 Å². The number of rotatable bonds is 5. The minimum Gasteiger partial charge on any atom is -0.347 e. The molecule has 18 heavy (non-hydrogen) atoms. The van der Waals surface area contributed by atoms with Crippen molar-refractivity contribution in [2.75, 3.05) is 0 Å². The highest BCUT2D eigenvalue weighted by molar-refractivity contribution is 7.91. The smallest absolute Gasteiger partial charge is 0.250 e. The number of nitrogens with two attached hydrogens (primary N) is 1. The maximum Gasteiger partial charge on any atom is 0.250 e. The monoisotopic (exact) mass is 286 g/mol. The quantitative estimate of drug-likeness (QED) is 0.753. The molecule has 0 aliphatic carbocycles. The van der Waals surface area contributed by atoms with Gasteiger partial charge in [-0.3, -0.25) is 0 Å². The van der Waals surface area contributed by atoms with Crippen LogP contribution in [0.2, 0.25) is 0 Å². The van der Waals surface area contributed by atoms with Gasteiger partial charge in [-0.1, -0.05) is 0 Å². The minimum atomic E-state index is -3.48. The number of aryl methyl sites for hydroxylation is 1. The molecule has 0 radical (unpaired) electrons. The van der Waals surface area contributed by atoms with Gasteiger partial charge in [0, 0.05) is 23.3 Å². The Morgan fingerprint density at radius 3 is 2.89 bits per heavy atom. The van der Waals surface area contributed by atoms with E-state index in [0.717, 1.165) is 10.4 Å². The average molecular weight is 286 g/mol. The van der Waals surface area contributed by atoms with Crippen LogP contribution in [0.3, 0.4) is 0 Å². The zero-order chi connectivity index (χ0) is 13.2. The zero-order valence-electron chi connectivity index (χ0n) is 9.80. The molecule has 0 aromatic carbocycles. The molecule has 0 unspecified atom stereocenters. The first-order valence-corrected chi connectivity index (χ1v) is 7.59. The van der Waals surface area contributed by atoms with Gasteiger partial charge in [-0.25, -0.2) is 18.1 Å². The Balaban J connectivity index is 2.14. The summed E-state index contributed by atoms with van der Waals surface area (Å²) in [6.45, 7) is 2.40. The van der Waals surface area contributed by atoms with Crippen molar-refractivity contribution in [3.63, 3.8) is 0 Å². The molecule has 0 spiro atoms.